The molecule has 0 aliphatic carbocycles. The first-order valence-corrected chi connectivity index (χ1v) is 3.91. The standard InChI is InChI=1S/C6H6IN3O/c7-3-1-4(8)6(9)5(2-3)10-11/h1-2H,8-9H2. The Hall–Kier alpha value is -0.850. The van der Waals surface area contributed by atoms with Gasteiger partial charge in [0.2, 0.25) is 0 Å². The fraction of sp³-hybridized carbons (Fsp3) is 0. The van der Waals surface area contributed by atoms with Gasteiger partial charge in [-0.05, 0) is 39.9 Å². The average molecular weight is 263 g/mol. The lowest BCUT2D eigenvalue weighted by Crippen LogP contribution is -1.94. The van der Waals surface area contributed by atoms with Crippen molar-refractivity contribution in [2.75, 3.05) is 11.5 Å². The molecule has 0 aliphatic rings. The van der Waals surface area contributed by atoms with E-state index in [0.717, 1.165) is 3.57 Å². The van der Waals surface area contributed by atoms with Gasteiger partial charge in [0, 0.05) is 3.57 Å². The van der Waals surface area contributed by atoms with Gasteiger partial charge in [-0.3, -0.25) is 0 Å². The van der Waals surface area contributed by atoms with Crippen molar-refractivity contribution in [1.82, 2.24) is 0 Å². The molecule has 0 fully saturated rings. The largest absolute Gasteiger partial charge is 0.397 e. The lowest BCUT2D eigenvalue weighted by atomic mass is 10.2. The van der Waals surface area contributed by atoms with Crippen LogP contribution in [0.4, 0.5) is 17.1 Å². The summed E-state index contributed by atoms with van der Waals surface area (Å²) in [5.74, 6) is 0. The normalized spacial score (nSPS) is 9.55. The summed E-state index contributed by atoms with van der Waals surface area (Å²) in [6, 6.07) is 3.27. The van der Waals surface area contributed by atoms with E-state index in [2.05, 4.69) is 5.18 Å². The molecule has 11 heavy (non-hydrogen) atoms. The highest BCUT2D eigenvalue weighted by atomic mass is 127. The van der Waals surface area contributed by atoms with E-state index >= 15 is 0 Å². The van der Waals surface area contributed by atoms with E-state index in [0.29, 0.717) is 5.69 Å². The number of hydrogen-bond acceptors (Lipinski definition) is 4. The SMILES string of the molecule is Nc1cc(I)cc(N=O)c1N. The number of anilines is 2. The van der Waals surface area contributed by atoms with Gasteiger partial charge in [0.1, 0.15) is 5.69 Å². The summed E-state index contributed by atoms with van der Waals surface area (Å²) in [6.07, 6.45) is 0. The van der Waals surface area contributed by atoms with Crippen LogP contribution in [0, 0.1) is 8.48 Å². The van der Waals surface area contributed by atoms with Crippen molar-refractivity contribution >= 4 is 39.7 Å². The molecule has 0 bridgehead atoms. The molecule has 0 aromatic heterocycles. The Morgan fingerprint density at radius 1 is 1.36 bits per heavy atom. The molecule has 58 valence electrons. The maximum atomic E-state index is 10.1. The molecule has 1 aromatic rings. The zero-order chi connectivity index (χ0) is 8.43. The van der Waals surface area contributed by atoms with Gasteiger partial charge in [0.15, 0.2) is 0 Å². The van der Waals surface area contributed by atoms with Gasteiger partial charge in [-0.15, -0.1) is 4.91 Å². The predicted octanol–water partition coefficient (Wildman–Crippen LogP) is 1.85. The van der Waals surface area contributed by atoms with E-state index in [1.54, 1.807) is 12.1 Å². The summed E-state index contributed by atoms with van der Waals surface area (Å²) in [5, 5.41) is 2.73. The van der Waals surface area contributed by atoms with Crippen molar-refractivity contribution < 1.29 is 0 Å². The first-order chi connectivity index (χ1) is 5.15. The summed E-state index contributed by atoms with van der Waals surface area (Å²) in [6.45, 7) is 0. The van der Waals surface area contributed by atoms with Crippen molar-refractivity contribution in [1.29, 1.82) is 0 Å². The highest BCUT2D eigenvalue weighted by Gasteiger charge is 2.03. The highest BCUT2D eigenvalue weighted by Crippen LogP contribution is 2.29. The minimum absolute atomic E-state index is 0.203. The van der Waals surface area contributed by atoms with Crippen LogP contribution in [-0.2, 0) is 0 Å². The fourth-order valence-electron chi connectivity index (χ4n) is 0.700. The van der Waals surface area contributed by atoms with Gasteiger partial charge >= 0.3 is 0 Å². The molecule has 1 rings (SSSR count). The molecule has 0 unspecified atom stereocenters. The summed E-state index contributed by atoms with van der Waals surface area (Å²) in [5.41, 5.74) is 11.8. The van der Waals surface area contributed by atoms with Gasteiger partial charge in [0.05, 0.1) is 11.4 Å². The molecule has 4 nitrogen and oxygen atoms in total. The number of nitroso groups, excluding NO2 is 1. The molecule has 0 saturated carbocycles. The van der Waals surface area contributed by atoms with Crippen LogP contribution in [0.3, 0.4) is 0 Å². The molecule has 0 spiro atoms. The smallest absolute Gasteiger partial charge is 0.134 e. The predicted molar refractivity (Wildman–Crippen MR) is 53.4 cm³/mol. The highest BCUT2D eigenvalue weighted by molar-refractivity contribution is 14.1. The summed E-state index contributed by atoms with van der Waals surface area (Å²) < 4.78 is 0.851. The third kappa shape index (κ3) is 1.59. The topological polar surface area (TPSA) is 81.5 Å². The van der Waals surface area contributed by atoms with Gasteiger partial charge in [0.25, 0.3) is 0 Å². The van der Waals surface area contributed by atoms with E-state index in [-0.39, 0.29) is 11.4 Å². The Bertz CT molecular complexity index is 300. The number of nitrogen functional groups attached to an aromatic ring is 2. The van der Waals surface area contributed by atoms with E-state index in [9.17, 15) is 4.91 Å². The van der Waals surface area contributed by atoms with Crippen LogP contribution >= 0.6 is 22.6 Å². The summed E-state index contributed by atoms with van der Waals surface area (Å²) >= 11 is 2.04. The average Bonchev–Trinajstić information content (AvgIpc) is 1.96. The zero-order valence-electron chi connectivity index (χ0n) is 5.54. The Kier molecular flexibility index (Phi) is 2.28. The van der Waals surface area contributed by atoms with Gasteiger partial charge in [-0.1, -0.05) is 0 Å². The monoisotopic (exact) mass is 263 g/mol. The van der Waals surface area contributed by atoms with Crippen LogP contribution in [0.15, 0.2) is 17.3 Å². The quantitative estimate of drug-likeness (QED) is 0.461. The fourth-order valence-corrected chi connectivity index (χ4v) is 1.33. The third-order valence-corrected chi connectivity index (χ3v) is 1.88. The molecule has 0 amide bonds. The van der Waals surface area contributed by atoms with E-state index in [1.807, 2.05) is 22.6 Å². The molecule has 4 N–H and O–H groups in total. The van der Waals surface area contributed by atoms with Crippen LogP contribution in [0.2, 0.25) is 0 Å². The molecule has 0 atom stereocenters. The lowest BCUT2D eigenvalue weighted by Gasteiger charge is -2.01. The van der Waals surface area contributed by atoms with Gasteiger partial charge in [-0.25, -0.2) is 0 Å². The second-order valence-electron chi connectivity index (χ2n) is 2.02. The number of hydrogen-bond donors (Lipinski definition) is 2. The maximum Gasteiger partial charge on any atom is 0.134 e. The van der Waals surface area contributed by atoms with Gasteiger partial charge in [-0.2, -0.15) is 0 Å². The van der Waals surface area contributed by atoms with E-state index in [4.69, 9.17) is 11.5 Å². The molecule has 0 aliphatic heterocycles. The molecule has 1 aromatic carbocycles. The Labute approximate surface area is 77.1 Å². The molecular weight excluding hydrogens is 257 g/mol. The Morgan fingerprint density at radius 3 is 2.55 bits per heavy atom. The van der Waals surface area contributed by atoms with Crippen molar-refractivity contribution in [2.45, 2.75) is 0 Å². The second-order valence-corrected chi connectivity index (χ2v) is 3.26. The van der Waals surface area contributed by atoms with E-state index < -0.39 is 0 Å². The van der Waals surface area contributed by atoms with Crippen molar-refractivity contribution in [3.05, 3.63) is 20.6 Å². The van der Waals surface area contributed by atoms with Crippen LogP contribution in [0.1, 0.15) is 0 Å². The Morgan fingerprint density at radius 2 is 2.00 bits per heavy atom. The number of nitrogens with two attached hydrogens (primary N) is 2. The number of halogens is 1. The van der Waals surface area contributed by atoms with Crippen LogP contribution in [0.25, 0.3) is 0 Å². The van der Waals surface area contributed by atoms with Crippen molar-refractivity contribution in [3.63, 3.8) is 0 Å². The number of nitrogens with zero attached hydrogens (tertiary/aromatic N) is 1. The third-order valence-electron chi connectivity index (χ3n) is 1.25. The molecule has 0 saturated heterocycles. The maximum absolute atomic E-state index is 10.1. The van der Waals surface area contributed by atoms with E-state index in [1.165, 1.54) is 0 Å². The van der Waals surface area contributed by atoms with Crippen molar-refractivity contribution in [2.24, 2.45) is 5.18 Å². The minimum atomic E-state index is 0.203. The zero-order valence-corrected chi connectivity index (χ0v) is 7.70. The summed E-state index contributed by atoms with van der Waals surface area (Å²) in [7, 11) is 0. The number of benzene rings is 1. The molecule has 0 heterocycles. The van der Waals surface area contributed by atoms with Crippen LogP contribution in [0.5, 0.6) is 0 Å². The first kappa shape index (κ1) is 8.25. The van der Waals surface area contributed by atoms with Crippen LogP contribution < -0.4 is 11.5 Å². The second kappa shape index (κ2) is 3.04. The molecule has 5 heteroatoms. The molecular formula is C6H6IN3O. The van der Waals surface area contributed by atoms with Crippen LogP contribution in [-0.4, -0.2) is 0 Å². The first-order valence-electron chi connectivity index (χ1n) is 2.83. The van der Waals surface area contributed by atoms with Crippen molar-refractivity contribution in [3.8, 4) is 0 Å². The lowest BCUT2D eigenvalue weighted by molar-refractivity contribution is 1.48. The number of rotatable bonds is 1. The van der Waals surface area contributed by atoms with Gasteiger partial charge < -0.3 is 11.5 Å². The molecule has 0 radical (unpaired) electrons. The minimum Gasteiger partial charge on any atom is -0.397 e. The summed E-state index contributed by atoms with van der Waals surface area (Å²) in [4.78, 5) is 10.1. The Balaban J connectivity index is 3.35.